The van der Waals surface area contributed by atoms with E-state index < -0.39 is 0 Å². The third-order valence-electron chi connectivity index (χ3n) is 6.44. The van der Waals surface area contributed by atoms with Crippen LogP contribution in [0.5, 0.6) is 0 Å². The van der Waals surface area contributed by atoms with Gasteiger partial charge in [0.05, 0.1) is 27.9 Å². The van der Waals surface area contributed by atoms with Crippen molar-refractivity contribution in [3.8, 4) is 11.1 Å². The summed E-state index contributed by atoms with van der Waals surface area (Å²) in [6, 6.07) is 12.5. The van der Waals surface area contributed by atoms with E-state index in [0.717, 1.165) is 11.1 Å². The van der Waals surface area contributed by atoms with Crippen LogP contribution in [0.15, 0.2) is 54.6 Å². The predicted molar refractivity (Wildman–Crippen MR) is 119 cm³/mol. The molecule has 0 saturated carbocycles. The molecule has 2 aromatic carbocycles. The summed E-state index contributed by atoms with van der Waals surface area (Å²) < 4.78 is 0. The average molecular weight is 455 g/mol. The van der Waals surface area contributed by atoms with Crippen molar-refractivity contribution in [1.29, 1.82) is 0 Å². The summed E-state index contributed by atoms with van der Waals surface area (Å²) in [5, 5.41) is 0.975. The molecule has 2 fully saturated rings. The van der Waals surface area contributed by atoms with Crippen molar-refractivity contribution >= 4 is 40.9 Å². The molecule has 31 heavy (non-hydrogen) atoms. The largest absolute Gasteiger partial charge is 0.334 e. The molecule has 2 unspecified atom stereocenters. The van der Waals surface area contributed by atoms with E-state index in [-0.39, 0.29) is 35.6 Å². The zero-order chi connectivity index (χ0) is 21.7. The second-order valence-corrected chi connectivity index (χ2v) is 9.09. The average Bonchev–Trinajstić information content (AvgIpc) is 3.00. The lowest BCUT2D eigenvalue weighted by Crippen LogP contribution is -2.62. The number of nitrogens with zero attached hydrogens (tertiary/aromatic N) is 2. The van der Waals surface area contributed by atoms with Crippen molar-refractivity contribution in [1.82, 2.24) is 9.80 Å². The van der Waals surface area contributed by atoms with Gasteiger partial charge in [-0.1, -0.05) is 53.6 Å². The Morgan fingerprint density at radius 2 is 1.39 bits per heavy atom. The molecule has 1 aliphatic carbocycles. The molecule has 2 heterocycles. The number of fused-ring (bicyclic) bond motifs is 1. The molecule has 0 N–H and O–H groups in total. The maximum Gasteiger partial charge on any atom is 0.253 e. The van der Waals surface area contributed by atoms with E-state index in [1.165, 1.54) is 4.90 Å². The van der Waals surface area contributed by atoms with Crippen LogP contribution in [-0.2, 0) is 9.59 Å². The highest BCUT2D eigenvalue weighted by Gasteiger charge is 2.52. The van der Waals surface area contributed by atoms with Gasteiger partial charge in [0, 0.05) is 18.7 Å². The second-order valence-electron chi connectivity index (χ2n) is 8.27. The number of benzene rings is 2. The lowest BCUT2D eigenvalue weighted by atomic mass is 9.85. The summed E-state index contributed by atoms with van der Waals surface area (Å²) in [5.74, 6) is -0.715. The minimum absolute atomic E-state index is 0.0811. The number of carbonyl (C=O) groups excluding carboxylic acids is 3. The summed E-state index contributed by atoms with van der Waals surface area (Å²) in [4.78, 5) is 41.3. The number of rotatable bonds is 3. The minimum atomic E-state index is -0.226. The first-order valence-corrected chi connectivity index (χ1v) is 11.1. The highest BCUT2D eigenvalue weighted by Crippen LogP contribution is 2.37. The quantitative estimate of drug-likeness (QED) is 0.508. The van der Waals surface area contributed by atoms with E-state index in [0.29, 0.717) is 41.5 Å². The first-order valence-electron chi connectivity index (χ1n) is 10.3. The molecule has 0 aromatic heterocycles. The summed E-state index contributed by atoms with van der Waals surface area (Å²) in [6.45, 7) is 0.773. The van der Waals surface area contributed by atoms with Crippen LogP contribution in [0.3, 0.4) is 0 Å². The highest BCUT2D eigenvalue weighted by molar-refractivity contribution is 6.42. The van der Waals surface area contributed by atoms with E-state index in [9.17, 15) is 14.4 Å². The van der Waals surface area contributed by atoms with Crippen molar-refractivity contribution in [2.75, 3.05) is 13.1 Å². The molecule has 2 atom stereocenters. The number of halogens is 2. The third-order valence-corrected chi connectivity index (χ3v) is 7.18. The summed E-state index contributed by atoms with van der Waals surface area (Å²) in [6.07, 6.45) is 5.22. The summed E-state index contributed by atoms with van der Waals surface area (Å²) in [5.41, 5.74) is 2.42. The third kappa shape index (κ3) is 3.46. The Morgan fingerprint density at radius 3 is 1.97 bits per heavy atom. The molecule has 2 aliphatic heterocycles. The Morgan fingerprint density at radius 1 is 0.806 bits per heavy atom. The Bertz CT molecular complexity index is 1080. The van der Waals surface area contributed by atoms with Gasteiger partial charge in [-0.05, 0) is 48.2 Å². The molecule has 2 saturated heterocycles. The predicted octanol–water partition coefficient (Wildman–Crippen LogP) is 4.44. The second kappa shape index (κ2) is 7.81. The first-order chi connectivity index (χ1) is 14.9. The van der Waals surface area contributed by atoms with Gasteiger partial charge >= 0.3 is 0 Å². The number of carbonyl (C=O) groups is 3. The molecule has 3 amide bonds. The van der Waals surface area contributed by atoms with Crippen LogP contribution in [0.25, 0.3) is 11.1 Å². The van der Waals surface area contributed by atoms with E-state index in [2.05, 4.69) is 0 Å². The van der Waals surface area contributed by atoms with Crippen molar-refractivity contribution in [2.24, 2.45) is 11.8 Å². The molecule has 5 rings (SSSR count). The molecule has 0 spiro atoms. The minimum Gasteiger partial charge on any atom is -0.334 e. The van der Waals surface area contributed by atoms with Gasteiger partial charge in [-0.2, -0.15) is 0 Å². The van der Waals surface area contributed by atoms with Gasteiger partial charge in [0.2, 0.25) is 11.8 Å². The van der Waals surface area contributed by atoms with Gasteiger partial charge in [-0.3, -0.25) is 19.3 Å². The summed E-state index contributed by atoms with van der Waals surface area (Å²) in [7, 11) is 0. The zero-order valence-corrected chi connectivity index (χ0v) is 18.1. The fourth-order valence-electron chi connectivity index (χ4n) is 4.63. The smallest absolute Gasteiger partial charge is 0.253 e. The van der Waals surface area contributed by atoms with Crippen LogP contribution in [0.2, 0.25) is 10.0 Å². The van der Waals surface area contributed by atoms with Crippen LogP contribution < -0.4 is 0 Å². The van der Waals surface area contributed by atoms with Crippen molar-refractivity contribution in [2.45, 2.75) is 18.9 Å². The Hall–Kier alpha value is -2.63. The van der Waals surface area contributed by atoms with Gasteiger partial charge in [-0.15, -0.1) is 0 Å². The van der Waals surface area contributed by atoms with E-state index in [4.69, 9.17) is 23.2 Å². The van der Waals surface area contributed by atoms with Crippen molar-refractivity contribution < 1.29 is 14.4 Å². The van der Waals surface area contributed by atoms with E-state index in [1.807, 2.05) is 30.4 Å². The normalized spacial score (nSPS) is 23.2. The van der Waals surface area contributed by atoms with Gasteiger partial charge in [0.15, 0.2) is 0 Å². The van der Waals surface area contributed by atoms with Crippen LogP contribution in [0.4, 0.5) is 0 Å². The number of amides is 3. The van der Waals surface area contributed by atoms with Crippen LogP contribution >= 0.6 is 23.2 Å². The van der Waals surface area contributed by atoms with Crippen LogP contribution in [-0.4, -0.2) is 46.7 Å². The maximum atomic E-state index is 12.8. The highest BCUT2D eigenvalue weighted by atomic mass is 35.5. The number of likely N-dealkylation sites (tertiary alicyclic amines) is 2. The van der Waals surface area contributed by atoms with Gasteiger partial charge in [0.25, 0.3) is 5.91 Å². The molecule has 2 aromatic rings. The summed E-state index contributed by atoms with van der Waals surface area (Å²) >= 11 is 12.1. The van der Waals surface area contributed by atoms with Crippen molar-refractivity contribution in [3.05, 3.63) is 70.2 Å². The van der Waals surface area contributed by atoms with E-state index >= 15 is 0 Å². The number of hydrogen-bond acceptors (Lipinski definition) is 3. The molecule has 7 heteroatoms. The van der Waals surface area contributed by atoms with Crippen LogP contribution in [0, 0.1) is 11.8 Å². The maximum absolute atomic E-state index is 12.8. The topological polar surface area (TPSA) is 57.7 Å². The Labute approximate surface area is 190 Å². The molecule has 5 nitrogen and oxygen atoms in total. The van der Waals surface area contributed by atoms with Crippen LogP contribution in [0.1, 0.15) is 23.2 Å². The SMILES string of the molecule is O=C(c1ccc(-c2ccc(Cl)c(Cl)c2)cc1)N1CC(N2C(=O)C3CC=CCC3C2=O)C1. The molecule has 0 radical (unpaired) electrons. The molecule has 158 valence electrons. The van der Waals surface area contributed by atoms with Gasteiger partial charge in [0.1, 0.15) is 0 Å². The fraction of sp³-hybridized carbons (Fsp3) is 0.292. The number of allylic oxidation sites excluding steroid dienone is 2. The standard InChI is InChI=1S/C24H20Cl2N2O3/c25-20-10-9-16(11-21(20)26)14-5-7-15(8-6-14)22(29)27-12-17(13-27)28-23(30)18-3-1-2-4-19(18)24(28)31/h1-2,5-11,17-19H,3-4,12-13H2. The molecular formula is C24H20Cl2N2O3. The van der Waals surface area contributed by atoms with Crippen molar-refractivity contribution in [3.63, 3.8) is 0 Å². The van der Waals surface area contributed by atoms with Gasteiger partial charge in [-0.25, -0.2) is 0 Å². The fourth-order valence-corrected chi connectivity index (χ4v) is 4.93. The molecule has 3 aliphatic rings. The van der Waals surface area contributed by atoms with E-state index in [1.54, 1.807) is 29.2 Å². The lowest BCUT2D eigenvalue weighted by Gasteiger charge is -2.43. The van der Waals surface area contributed by atoms with Gasteiger partial charge < -0.3 is 4.90 Å². The molecular weight excluding hydrogens is 435 g/mol. The Kier molecular flexibility index (Phi) is 5.11. The number of imide groups is 1. The zero-order valence-electron chi connectivity index (χ0n) is 16.6. The Balaban J connectivity index is 1.24. The number of hydrogen-bond donors (Lipinski definition) is 0. The monoisotopic (exact) mass is 454 g/mol. The molecule has 0 bridgehead atoms. The lowest BCUT2D eigenvalue weighted by molar-refractivity contribution is -0.145. The first kappa shape index (κ1) is 20.3.